The SMILES string of the molecule is COc1ccccc1NC(=O)CCN1C(=S)N[C@H](c2ccccn2)[C@H]1c1cccn1C[C@@H]1CCCO1. The van der Waals surface area contributed by atoms with Crippen molar-refractivity contribution >= 4 is 28.9 Å². The average molecular weight is 506 g/mol. The first kappa shape index (κ1) is 24.3. The molecule has 0 aliphatic carbocycles. The molecule has 2 fully saturated rings. The van der Waals surface area contributed by atoms with Gasteiger partial charge in [-0.3, -0.25) is 9.78 Å². The highest BCUT2D eigenvalue weighted by Gasteiger charge is 2.41. The summed E-state index contributed by atoms with van der Waals surface area (Å²) in [4.78, 5) is 19.6. The predicted molar refractivity (Wildman–Crippen MR) is 142 cm³/mol. The Balaban J connectivity index is 1.37. The normalized spacial score (nSPS) is 21.4. The lowest BCUT2D eigenvalue weighted by Crippen LogP contribution is -2.33. The highest BCUT2D eigenvalue weighted by Crippen LogP contribution is 2.39. The van der Waals surface area contributed by atoms with Crippen LogP contribution in [0.25, 0.3) is 0 Å². The van der Waals surface area contributed by atoms with Gasteiger partial charge in [0.1, 0.15) is 5.75 Å². The van der Waals surface area contributed by atoms with Crippen LogP contribution in [0.2, 0.25) is 0 Å². The molecule has 0 bridgehead atoms. The lowest BCUT2D eigenvalue weighted by atomic mass is 10.0. The third-order valence-electron chi connectivity index (χ3n) is 6.75. The Labute approximate surface area is 216 Å². The van der Waals surface area contributed by atoms with Crippen LogP contribution in [0.15, 0.2) is 67.0 Å². The highest BCUT2D eigenvalue weighted by molar-refractivity contribution is 7.80. The molecule has 2 aromatic heterocycles. The minimum atomic E-state index is -0.130. The predicted octanol–water partition coefficient (Wildman–Crippen LogP) is 4.07. The molecule has 2 N–H and O–H groups in total. The summed E-state index contributed by atoms with van der Waals surface area (Å²) in [6.07, 6.45) is 6.55. The number of carbonyl (C=O) groups is 1. The third kappa shape index (κ3) is 5.22. The molecule has 0 saturated carbocycles. The van der Waals surface area contributed by atoms with Crippen LogP contribution < -0.4 is 15.4 Å². The molecule has 0 radical (unpaired) electrons. The van der Waals surface area contributed by atoms with E-state index in [-0.39, 0.29) is 30.5 Å². The molecule has 0 spiro atoms. The number of pyridine rings is 1. The van der Waals surface area contributed by atoms with Gasteiger partial charge in [0.15, 0.2) is 5.11 Å². The topological polar surface area (TPSA) is 80.7 Å². The Kier molecular flexibility index (Phi) is 7.48. The van der Waals surface area contributed by atoms with E-state index in [4.69, 9.17) is 21.7 Å². The van der Waals surface area contributed by atoms with Gasteiger partial charge < -0.3 is 29.6 Å². The van der Waals surface area contributed by atoms with Crippen LogP contribution in [-0.2, 0) is 16.1 Å². The van der Waals surface area contributed by atoms with Crippen molar-refractivity contribution < 1.29 is 14.3 Å². The minimum Gasteiger partial charge on any atom is -0.495 e. The van der Waals surface area contributed by atoms with Crippen LogP contribution in [0.3, 0.4) is 0 Å². The number of carbonyl (C=O) groups excluding carboxylic acids is 1. The first-order valence-electron chi connectivity index (χ1n) is 12.3. The molecule has 9 heteroatoms. The zero-order chi connectivity index (χ0) is 24.9. The molecule has 4 heterocycles. The number of methoxy groups -OCH3 is 1. The van der Waals surface area contributed by atoms with Crippen molar-refractivity contribution in [1.29, 1.82) is 0 Å². The molecule has 2 saturated heterocycles. The number of hydrogen-bond acceptors (Lipinski definition) is 5. The number of rotatable bonds is 9. The van der Waals surface area contributed by atoms with Crippen LogP contribution in [0.1, 0.15) is 42.7 Å². The van der Waals surface area contributed by atoms with Gasteiger partial charge in [0, 0.05) is 44.2 Å². The number of thiocarbonyl (C=S) groups is 1. The number of nitrogens with one attached hydrogen (secondary N) is 2. The summed E-state index contributed by atoms with van der Waals surface area (Å²) in [5, 5.41) is 7.05. The molecular formula is C27H31N5O3S. The largest absolute Gasteiger partial charge is 0.495 e. The molecule has 5 rings (SSSR count). The number of ether oxygens (including phenoxy) is 2. The van der Waals surface area contributed by atoms with E-state index in [1.54, 1.807) is 13.3 Å². The Morgan fingerprint density at radius 1 is 1.22 bits per heavy atom. The standard InChI is InChI=1S/C27H31N5O3S/c1-34-23-12-3-2-9-20(23)29-24(33)13-16-32-26(25(30-27(32)36)21-10-4-5-14-28-21)22-11-6-15-31(22)18-19-8-7-17-35-19/h2-6,9-12,14-15,19,25-26H,7-8,13,16-18H2,1H3,(H,29,33)(H,30,36)/t19-,25+,26+/m0/s1. The van der Waals surface area contributed by atoms with Gasteiger partial charge in [0.2, 0.25) is 5.91 Å². The second kappa shape index (κ2) is 11.1. The lowest BCUT2D eigenvalue weighted by Gasteiger charge is -2.29. The first-order valence-corrected chi connectivity index (χ1v) is 12.7. The number of benzene rings is 1. The van der Waals surface area contributed by atoms with Gasteiger partial charge in [-0.1, -0.05) is 18.2 Å². The van der Waals surface area contributed by atoms with E-state index in [1.165, 1.54) is 0 Å². The maximum Gasteiger partial charge on any atom is 0.226 e. The van der Waals surface area contributed by atoms with E-state index in [1.807, 2.05) is 42.5 Å². The fraction of sp³-hybridized carbons (Fsp3) is 0.370. The fourth-order valence-corrected chi connectivity index (χ4v) is 5.35. The number of hydrogen-bond donors (Lipinski definition) is 2. The fourth-order valence-electron chi connectivity index (χ4n) is 5.02. The van der Waals surface area contributed by atoms with E-state index >= 15 is 0 Å². The maximum absolute atomic E-state index is 12.9. The van der Waals surface area contributed by atoms with Crippen LogP contribution in [-0.4, -0.2) is 51.8 Å². The molecule has 36 heavy (non-hydrogen) atoms. The van der Waals surface area contributed by atoms with Gasteiger partial charge in [-0.25, -0.2) is 0 Å². The van der Waals surface area contributed by atoms with Crippen molar-refractivity contribution in [3.63, 3.8) is 0 Å². The Morgan fingerprint density at radius 3 is 2.86 bits per heavy atom. The summed E-state index contributed by atoms with van der Waals surface area (Å²) in [5.41, 5.74) is 2.69. The molecular weight excluding hydrogens is 474 g/mol. The van der Waals surface area contributed by atoms with Gasteiger partial charge in [-0.05, 0) is 61.5 Å². The van der Waals surface area contributed by atoms with E-state index < -0.39 is 0 Å². The van der Waals surface area contributed by atoms with Gasteiger partial charge in [0.25, 0.3) is 0 Å². The molecule has 188 valence electrons. The molecule has 1 amide bonds. The van der Waals surface area contributed by atoms with Crippen molar-refractivity contribution in [3.8, 4) is 5.75 Å². The van der Waals surface area contributed by atoms with Gasteiger partial charge in [-0.2, -0.15) is 0 Å². The number of amides is 1. The summed E-state index contributed by atoms with van der Waals surface area (Å²) in [5.74, 6) is 0.529. The second-order valence-electron chi connectivity index (χ2n) is 9.04. The zero-order valence-corrected chi connectivity index (χ0v) is 21.1. The molecule has 2 aliphatic heterocycles. The monoisotopic (exact) mass is 505 g/mol. The summed E-state index contributed by atoms with van der Waals surface area (Å²) in [7, 11) is 1.59. The highest BCUT2D eigenvalue weighted by atomic mass is 32.1. The van der Waals surface area contributed by atoms with Crippen molar-refractivity contribution in [1.82, 2.24) is 19.8 Å². The van der Waals surface area contributed by atoms with Crippen molar-refractivity contribution in [2.24, 2.45) is 0 Å². The molecule has 1 aromatic carbocycles. The van der Waals surface area contributed by atoms with Crippen LogP contribution in [0, 0.1) is 0 Å². The van der Waals surface area contributed by atoms with E-state index in [9.17, 15) is 4.79 Å². The summed E-state index contributed by atoms with van der Waals surface area (Å²) in [6, 6.07) is 17.3. The van der Waals surface area contributed by atoms with Crippen LogP contribution in [0.5, 0.6) is 5.75 Å². The van der Waals surface area contributed by atoms with Gasteiger partial charge in [0.05, 0.1) is 36.7 Å². The van der Waals surface area contributed by atoms with Gasteiger partial charge >= 0.3 is 0 Å². The summed E-state index contributed by atoms with van der Waals surface area (Å²) < 4.78 is 13.5. The molecule has 3 aromatic rings. The van der Waals surface area contributed by atoms with Crippen molar-refractivity contribution in [3.05, 3.63) is 78.4 Å². The quantitative estimate of drug-likeness (QED) is 0.424. The summed E-state index contributed by atoms with van der Waals surface area (Å²) >= 11 is 5.78. The number of anilines is 1. The summed E-state index contributed by atoms with van der Waals surface area (Å²) in [6.45, 7) is 2.08. The third-order valence-corrected chi connectivity index (χ3v) is 7.10. The Bertz CT molecular complexity index is 1190. The maximum atomic E-state index is 12.9. The van der Waals surface area contributed by atoms with E-state index in [0.29, 0.717) is 23.1 Å². The Morgan fingerprint density at radius 2 is 2.08 bits per heavy atom. The zero-order valence-electron chi connectivity index (χ0n) is 20.3. The second-order valence-corrected chi connectivity index (χ2v) is 9.43. The van der Waals surface area contributed by atoms with Crippen molar-refractivity contribution in [2.75, 3.05) is 25.6 Å². The molecule has 8 nitrogen and oxygen atoms in total. The Hall–Kier alpha value is -3.43. The first-order chi connectivity index (χ1) is 17.6. The molecule has 0 unspecified atom stereocenters. The number of nitrogens with zero attached hydrogens (tertiary/aromatic N) is 3. The lowest BCUT2D eigenvalue weighted by molar-refractivity contribution is -0.116. The molecule has 3 atom stereocenters. The van der Waals surface area contributed by atoms with E-state index in [0.717, 1.165) is 37.4 Å². The van der Waals surface area contributed by atoms with Gasteiger partial charge in [-0.15, -0.1) is 0 Å². The van der Waals surface area contributed by atoms with E-state index in [2.05, 4.69) is 43.4 Å². The van der Waals surface area contributed by atoms with Crippen molar-refractivity contribution in [2.45, 2.75) is 44.0 Å². The number of aromatic nitrogens is 2. The number of para-hydroxylation sites is 2. The minimum absolute atomic E-state index is 0.0999. The smallest absolute Gasteiger partial charge is 0.226 e. The van der Waals surface area contributed by atoms with Crippen LogP contribution in [0.4, 0.5) is 5.69 Å². The van der Waals surface area contributed by atoms with Crippen LogP contribution >= 0.6 is 12.2 Å². The molecule has 2 aliphatic rings. The average Bonchev–Trinajstić information content (AvgIpc) is 3.65.